The number of aryl methyl sites for hydroxylation is 1. The number of aliphatic imine (C=N–C) groups is 1. The third-order valence-corrected chi connectivity index (χ3v) is 5.39. The molecule has 1 unspecified atom stereocenters. The van der Waals surface area contributed by atoms with E-state index in [1.807, 2.05) is 18.7 Å². The predicted molar refractivity (Wildman–Crippen MR) is 121 cm³/mol. The first-order valence-corrected chi connectivity index (χ1v) is 10.3. The van der Waals surface area contributed by atoms with E-state index in [0.717, 1.165) is 63.0 Å². The van der Waals surface area contributed by atoms with Gasteiger partial charge in [0.25, 0.3) is 0 Å². The van der Waals surface area contributed by atoms with Crippen LogP contribution in [0, 0.1) is 5.92 Å². The molecule has 28 heavy (non-hydrogen) atoms. The number of hydrogen-bond acceptors (Lipinski definition) is 4. The average Bonchev–Trinajstić information content (AvgIpc) is 3.20. The van der Waals surface area contributed by atoms with Gasteiger partial charge in [-0.1, -0.05) is 20.3 Å². The van der Waals surface area contributed by atoms with E-state index in [1.54, 1.807) is 7.05 Å². The Kier molecular flexibility index (Phi) is 8.97. The van der Waals surface area contributed by atoms with Crippen LogP contribution in [0.4, 0.5) is 0 Å². The summed E-state index contributed by atoms with van der Waals surface area (Å²) >= 11 is 0. The lowest BCUT2D eigenvalue weighted by molar-refractivity contribution is -0.133. The molecule has 9 heteroatoms. The number of aromatic nitrogens is 3. The minimum atomic E-state index is 0. The molecular formula is C19H34IN7O. The third kappa shape index (κ3) is 5.81. The van der Waals surface area contributed by atoms with Crippen LogP contribution in [0.2, 0.25) is 0 Å². The summed E-state index contributed by atoms with van der Waals surface area (Å²) in [4.78, 5) is 18.4. The van der Waals surface area contributed by atoms with Crippen LogP contribution in [-0.2, 0) is 24.2 Å². The number of rotatable bonds is 5. The van der Waals surface area contributed by atoms with E-state index in [1.165, 1.54) is 19.3 Å². The van der Waals surface area contributed by atoms with Crippen LogP contribution in [0.1, 0.15) is 51.2 Å². The number of hydrogen-bond donors (Lipinski definition) is 2. The second-order valence-corrected chi connectivity index (χ2v) is 7.81. The molecule has 1 aromatic heterocycles. The molecule has 8 nitrogen and oxygen atoms in total. The fourth-order valence-electron chi connectivity index (χ4n) is 3.85. The Labute approximate surface area is 185 Å². The molecule has 0 radical (unpaired) electrons. The number of halogens is 1. The summed E-state index contributed by atoms with van der Waals surface area (Å²) in [7, 11) is 1.78. The van der Waals surface area contributed by atoms with Gasteiger partial charge in [-0.25, -0.2) is 0 Å². The van der Waals surface area contributed by atoms with Crippen LogP contribution < -0.4 is 10.6 Å². The van der Waals surface area contributed by atoms with Crippen molar-refractivity contribution in [1.82, 2.24) is 30.3 Å². The van der Waals surface area contributed by atoms with Crippen molar-refractivity contribution in [3.05, 3.63) is 11.6 Å². The first-order valence-electron chi connectivity index (χ1n) is 10.3. The lowest BCUT2D eigenvalue weighted by Crippen LogP contribution is -2.45. The summed E-state index contributed by atoms with van der Waals surface area (Å²) in [6.07, 6.45) is 6.52. The molecule has 1 fully saturated rings. The number of likely N-dealkylation sites (tertiary alicyclic amines) is 1. The standard InChI is InChI=1S/C19H33N7O.HI/c1-14(2)18(27)25-12-9-15(13-25)22-19(20-3)21-10-8-17-24-23-16-7-5-4-6-11-26(16)17;/h14-15H,4-13H2,1-3H3,(H2,20,21,22);1H. The minimum absolute atomic E-state index is 0. The molecule has 0 aromatic carbocycles. The van der Waals surface area contributed by atoms with Gasteiger partial charge in [-0.05, 0) is 19.3 Å². The van der Waals surface area contributed by atoms with Gasteiger partial charge in [-0.15, -0.1) is 34.2 Å². The highest BCUT2D eigenvalue weighted by molar-refractivity contribution is 14.0. The van der Waals surface area contributed by atoms with Crippen LogP contribution in [0.25, 0.3) is 0 Å². The van der Waals surface area contributed by atoms with E-state index in [-0.39, 0.29) is 41.8 Å². The van der Waals surface area contributed by atoms with Gasteiger partial charge in [0.05, 0.1) is 0 Å². The average molecular weight is 503 g/mol. The number of nitrogens with one attached hydrogen (secondary N) is 2. The van der Waals surface area contributed by atoms with Crippen LogP contribution in [0.5, 0.6) is 0 Å². The van der Waals surface area contributed by atoms with Crippen molar-refractivity contribution in [2.24, 2.45) is 10.9 Å². The summed E-state index contributed by atoms with van der Waals surface area (Å²) in [5.41, 5.74) is 0. The van der Waals surface area contributed by atoms with E-state index in [4.69, 9.17) is 0 Å². The Morgan fingerprint density at radius 2 is 2.07 bits per heavy atom. The van der Waals surface area contributed by atoms with Crippen LogP contribution in [0.15, 0.2) is 4.99 Å². The van der Waals surface area contributed by atoms with Crippen molar-refractivity contribution in [2.75, 3.05) is 26.7 Å². The molecule has 0 spiro atoms. The quantitative estimate of drug-likeness (QED) is 0.362. The molecule has 1 amide bonds. The molecular weight excluding hydrogens is 469 g/mol. The van der Waals surface area contributed by atoms with Gasteiger partial charge < -0.3 is 20.1 Å². The number of carbonyl (C=O) groups is 1. The van der Waals surface area contributed by atoms with Crippen LogP contribution in [0.3, 0.4) is 0 Å². The van der Waals surface area contributed by atoms with Crippen molar-refractivity contribution >= 4 is 35.8 Å². The Bertz CT molecular complexity index is 673. The maximum absolute atomic E-state index is 12.1. The van der Waals surface area contributed by atoms with Gasteiger partial charge in [-0.2, -0.15) is 0 Å². The van der Waals surface area contributed by atoms with Gasteiger partial charge in [0.15, 0.2) is 5.96 Å². The molecule has 2 aliphatic heterocycles. The maximum atomic E-state index is 12.1. The first kappa shape index (κ1) is 22.9. The van der Waals surface area contributed by atoms with Gasteiger partial charge in [0, 0.05) is 58.0 Å². The lowest BCUT2D eigenvalue weighted by atomic mass is 10.2. The zero-order valence-electron chi connectivity index (χ0n) is 17.3. The number of guanidine groups is 1. The summed E-state index contributed by atoms with van der Waals surface area (Å²) in [5, 5.41) is 15.6. The highest BCUT2D eigenvalue weighted by Gasteiger charge is 2.28. The lowest BCUT2D eigenvalue weighted by Gasteiger charge is -2.20. The second kappa shape index (κ2) is 11.0. The Morgan fingerprint density at radius 3 is 2.82 bits per heavy atom. The fourth-order valence-corrected chi connectivity index (χ4v) is 3.85. The minimum Gasteiger partial charge on any atom is -0.356 e. The Balaban J connectivity index is 0.00000280. The molecule has 1 saturated heterocycles. The summed E-state index contributed by atoms with van der Waals surface area (Å²) in [6.45, 7) is 7.27. The van der Waals surface area contributed by atoms with E-state index in [9.17, 15) is 4.79 Å². The van der Waals surface area contributed by atoms with E-state index in [2.05, 4.69) is 30.4 Å². The van der Waals surface area contributed by atoms with Crippen molar-refractivity contribution in [1.29, 1.82) is 0 Å². The molecule has 0 saturated carbocycles. The zero-order valence-corrected chi connectivity index (χ0v) is 19.6. The molecule has 3 rings (SSSR count). The predicted octanol–water partition coefficient (Wildman–Crippen LogP) is 1.59. The molecule has 1 atom stereocenters. The normalized spacial score (nSPS) is 19.8. The smallest absolute Gasteiger partial charge is 0.225 e. The largest absolute Gasteiger partial charge is 0.356 e. The molecule has 2 N–H and O–H groups in total. The zero-order chi connectivity index (χ0) is 19.2. The van der Waals surface area contributed by atoms with Gasteiger partial charge >= 0.3 is 0 Å². The number of carbonyl (C=O) groups excluding carboxylic acids is 1. The monoisotopic (exact) mass is 503 g/mol. The Hall–Kier alpha value is -1.39. The van der Waals surface area contributed by atoms with E-state index < -0.39 is 0 Å². The molecule has 1 aromatic rings. The fraction of sp³-hybridized carbons (Fsp3) is 0.789. The van der Waals surface area contributed by atoms with Crippen molar-refractivity contribution in [3.8, 4) is 0 Å². The number of amides is 1. The molecule has 0 aliphatic carbocycles. The first-order chi connectivity index (χ1) is 13.1. The summed E-state index contributed by atoms with van der Waals surface area (Å²) in [5.74, 6) is 3.26. The number of nitrogens with zero attached hydrogens (tertiary/aromatic N) is 5. The molecule has 0 bridgehead atoms. The topological polar surface area (TPSA) is 87.4 Å². The van der Waals surface area contributed by atoms with Crippen molar-refractivity contribution < 1.29 is 4.79 Å². The van der Waals surface area contributed by atoms with Gasteiger partial charge in [0.1, 0.15) is 11.6 Å². The highest BCUT2D eigenvalue weighted by Crippen LogP contribution is 2.15. The summed E-state index contributed by atoms with van der Waals surface area (Å²) < 4.78 is 2.29. The van der Waals surface area contributed by atoms with Crippen LogP contribution >= 0.6 is 24.0 Å². The van der Waals surface area contributed by atoms with Gasteiger partial charge in [0.2, 0.25) is 5.91 Å². The van der Waals surface area contributed by atoms with E-state index >= 15 is 0 Å². The Morgan fingerprint density at radius 1 is 1.25 bits per heavy atom. The molecule has 158 valence electrons. The summed E-state index contributed by atoms with van der Waals surface area (Å²) in [6, 6.07) is 0.253. The third-order valence-electron chi connectivity index (χ3n) is 5.39. The molecule has 2 aliphatic rings. The van der Waals surface area contributed by atoms with Crippen molar-refractivity contribution in [2.45, 2.75) is 65.0 Å². The van der Waals surface area contributed by atoms with Crippen molar-refractivity contribution in [3.63, 3.8) is 0 Å². The maximum Gasteiger partial charge on any atom is 0.225 e. The van der Waals surface area contributed by atoms with Crippen LogP contribution in [-0.4, -0.2) is 64.3 Å². The molecule has 3 heterocycles. The number of fused-ring (bicyclic) bond motifs is 1. The van der Waals surface area contributed by atoms with E-state index in [0.29, 0.717) is 0 Å². The second-order valence-electron chi connectivity index (χ2n) is 7.81. The highest BCUT2D eigenvalue weighted by atomic mass is 127. The SMILES string of the molecule is CN=C(NCCc1nnc2n1CCCCC2)NC1CCN(C(=O)C(C)C)C1.I. The van der Waals surface area contributed by atoms with Gasteiger partial charge in [-0.3, -0.25) is 9.79 Å².